The minimum absolute atomic E-state index is 0.0248. The lowest BCUT2D eigenvalue weighted by atomic mass is 10.2. The number of aryl methyl sites for hydroxylation is 2. The molecular formula is C15H17N3O4S2. The van der Waals surface area contributed by atoms with E-state index in [9.17, 15) is 18.0 Å². The first kappa shape index (κ1) is 15.8. The summed E-state index contributed by atoms with van der Waals surface area (Å²) in [6.07, 6.45) is 4.77. The maximum Gasteiger partial charge on any atom is 0.262 e. The Labute approximate surface area is 142 Å². The fourth-order valence-electron chi connectivity index (χ4n) is 3.47. The first-order valence-electron chi connectivity index (χ1n) is 7.92. The normalized spacial score (nSPS) is 21.9. The third-order valence-electron chi connectivity index (χ3n) is 4.60. The van der Waals surface area contributed by atoms with Crippen LogP contribution in [-0.2, 0) is 34.0 Å². The van der Waals surface area contributed by atoms with E-state index in [1.807, 2.05) is 0 Å². The number of rotatable bonds is 3. The maximum atomic E-state index is 12.7. The molecule has 0 aromatic carbocycles. The molecule has 0 spiro atoms. The molecule has 1 aliphatic carbocycles. The molecule has 1 aliphatic heterocycles. The van der Waals surface area contributed by atoms with Crippen LogP contribution in [0.1, 0.15) is 23.3 Å². The summed E-state index contributed by atoms with van der Waals surface area (Å²) in [5.41, 5.74) is 0.901. The molecule has 7 nitrogen and oxygen atoms in total. The standard InChI is InChI=1S/C15H17N3O4S2/c19-12(17-9-4-5-24(21,22)7-9)6-18-8-16-14-13(15(18)20)10-2-1-3-11(10)23-14/h8-9H,1-7H2,(H,17,19)/t9-/m1/s1. The van der Waals surface area contributed by atoms with Gasteiger partial charge in [0, 0.05) is 10.9 Å². The van der Waals surface area contributed by atoms with E-state index in [0.29, 0.717) is 11.8 Å². The van der Waals surface area contributed by atoms with Gasteiger partial charge >= 0.3 is 0 Å². The molecule has 2 aromatic heterocycles. The molecule has 0 unspecified atom stereocenters. The Morgan fingerprint density at radius 3 is 3.00 bits per heavy atom. The summed E-state index contributed by atoms with van der Waals surface area (Å²) in [6.45, 7) is -0.136. The molecule has 24 heavy (non-hydrogen) atoms. The molecular weight excluding hydrogens is 350 g/mol. The first-order chi connectivity index (χ1) is 11.4. The number of hydrogen-bond acceptors (Lipinski definition) is 6. The van der Waals surface area contributed by atoms with Crippen molar-refractivity contribution in [2.75, 3.05) is 11.5 Å². The topological polar surface area (TPSA) is 98.1 Å². The Kier molecular flexibility index (Phi) is 3.72. The van der Waals surface area contributed by atoms with Crippen molar-refractivity contribution in [1.82, 2.24) is 14.9 Å². The Morgan fingerprint density at radius 2 is 2.25 bits per heavy atom. The van der Waals surface area contributed by atoms with Crippen LogP contribution in [0.5, 0.6) is 0 Å². The molecule has 3 heterocycles. The van der Waals surface area contributed by atoms with Gasteiger partial charge in [-0.25, -0.2) is 13.4 Å². The molecule has 4 rings (SSSR count). The second kappa shape index (κ2) is 5.66. The summed E-state index contributed by atoms with van der Waals surface area (Å²) < 4.78 is 24.2. The van der Waals surface area contributed by atoms with Gasteiger partial charge in [-0.05, 0) is 31.2 Å². The van der Waals surface area contributed by atoms with Gasteiger partial charge < -0.3 is 5.32 Å². The molecule has 1 amide bonds. The van der Waals surface area contributed by atoms with Crippen molar-refractivity contribution < 1.29 is 13.2 Å². The first-order valence-corrected chi connectivity index (χ1v) is 10.6. The molecule has 1 atom stereocenters. The van der Waals surface area contributed by atoms with Gasteiger partial charge in [0.25, 0.3) is 5.56 Å². The minimum atomic E-state index is -3.04. The summed E-state index contributed by atoms with van der Waals surface area (Å²) in [7, 11) is -3.04. The summed E-state index contributed by atoms with van der Waals surface area (Å²) >= 11 is 1.56. The quantitative estimate of drug-likeness (QED) is 0.839. The highest BCUT2D eigenvalue weighted by Gasteiger charge is 2.29. The summed E-state index contributed by atoms with van der Waals surface area (Å²) in [6, 6.07) is -0.361. The predicted molar refractivity (Wildman–Crippen MR) is 91.1 cm³/mol. The van der Waals surface area contributed by atoms with Crippen LogP contribution in [0.15, 0.2) is 11.1 Å². The Balaban J connectivity index is 1.55. The van der Waals surface area contributed by atoms with Crippen molar-refractivity contribution in [2.45, 2.75) is 38.3 Å². The van der Waals surface area contributed by atoms with E-state index in [0.717, 1.165) is 29.7 Å². The van der Waals surface area contributed by atoms with Crippen molar-refractivity contribution in [3.05, 3.63) is 27.1 Å². The number of thiophene rings is 1. The zero-order valence-corrected chi connectivity index (χ0v) is 14.6. The highest BCUT2D eigenvalue weighted by molar-refractivity contribution is 7.91. The highest BCUT2D eigenvalue weighted by atomic mass is 32.2. The van der Waals surface area contributed by atoms with E-state index < -0.39 is 9.84 Å². The molecule has 1 fully saturated rings. The van der Waals surface area contributed by atoms with Gasteiger partial charge in [0.2, 0.25) is 5.91 Å². The molecule has 9 heteroatoms. The number of amides is 1. The van der Waals surface area contributed by atoms with Gasteiger partial charge in [0.1, 0.15) is 11.4 Å². The van der Waals surface area contributed by atoms with Gasteiger partial charge in [-0.2, -0.15) is 0 Å². The number of hydrogen-bond donors (Lipinski definition) is 1. The second-order valence-electron chi connectivity index (χ2n) is 6.38. The predicted octanol–water partition coefficient (Wildman–Crippen LogP) is 0.250. The van der Waals surface area contributed by atoms with E-state index in [1.54, 1.807) is 11.3 Å². The third-order valence-corrected chi connectivity index (χ3v) is 7.57. The zero-order chi connectivity index (χ0) is 16.9. The number of nitrogens with one attached hydrogen (secondary N) is 1. The van der Waals surface area contributed by atoms with Gasteiger partial charge in [-0.1, -0.05) is 0 Å². The number of sulfone groups is 1. The lowest BCUT2D eigenvalue weighted by molar-refractivity contribution is -0.122. The monoisotopic (exact) mass is 367 g/mol. The van der Waals surface area contributed by atoms with Crippen molar-refractivity contribution in [1.29, 1.82) is 0 Å². The fourth-order valence-corrected chi connectivity index (χ4v) is 6.36. The summed E-state index contributed by atoms with van der Waals surface area (Å²) in [4.78, 5) is 31.1. The van der Waals surface area contributed by atoms with Crippen molar-refractivity contribution in [2.24, 2.45) is 0 Å². The lowest BCUT2D eigenvalue weighted by Crippen LogP contribution is -2.39. The Bertz CT molecular complexity index is 990. The number of nitrogens with zero attached hydrogens (tertiary/aromatic N) is 2. The lowest BCUT2D eigenvalue weighted by Gasteiger charge is -2.11. The van der Waals surface area contributed by atoms with Crippen LogP contribution in [-0.4, -0.2) is 41.4 Å². The highest BCUT2D eigenvalue weighted by Crippen LogP contribution is 2.34. The van der Waals surface area contributed by atoms with Crippen molar-refractivity contribution >= 4 is 37.3 Å². The molecule has 2 aromatic rings. The van der Waals surface area contributed by atoms with Crippen molar-refractivity contribution in [3.63, 3.8) is 0 Å². The fraction of sp³-hybridized carbons (Fsp3) is 0.533. The molecule has 0 saturated carbocycles. The SMILES string of the molecule is O=C(Cn1cnc2sc3c(c2c1=O)CCC3)N[C@@H]1CCS(=O)(=O)C1. The van der Waals surface area contributed by atoms with Gasteiger partial charge in [0.05, 0.1) is 23.2 Å². The van der Waals surface area contributed by atoms with Gasteiger partial charge in [0.15, 0.2) is 9.84 Å². The van der Waals surface area contributed by atoms with E-state index in [2.05, 4.69) is 10.3 Å². The Hall–Kier alpha value is -1.74. The van der Waals surface area contributed by atoms with Crippen LogP contribution in [0.2, 0.25) is 0 Å². The molecule has 1 saturated heterocycles. The van der Waals surface area contributed by atoms with Gasteiger partial charge in [-0.3, -0.25) is 14.2 Å². The van der Waals surface area contributed by atoms with E-state index in [4.69, 9.17) is 0 Å². The molecule has 2 aliphatic rings. The van der Waals surface area contributed by atoms with Gasteiger partial charge in [-0.15, -0.1) is 11.3 Å². The minimum Gasteiger partial charge on any atom is -0.351 e. The largest absolute Gasteiger partial charge is 0.351 e. The molecule has 128 valence electrons. The second-order valence-corrected chi connectivity index (χ2v) is 9.69. The zero-order valence-electron chi connectivity index (χ0n) is 12.9. The summed E-state index contributed by atoms with van der Waals surface area (Å²) in [5.74, 6) is -0.276. The molecule has 0 bridgehead atoms. The number of carbonyl (C=O) groups excluding carboxylic acids is 1. The average molecular weight is 367 g/mol. The third kappa shape index (κ3) is 2.75. The van der Waals surface area contributed by atoms with Crippen molar-refractivity contribution in [3.8, 4) is 0 Å². The number of aromatic nitrogens is 2. The average Bonchev–Trinajstić information content (AvgIpc) is 3.16. The van der Waals surface area contributed by atoms with Crippen LogP contribution < -0.4 is 10.9 Å². The summed E-state index contributed by atoms with van der Waals surface area (Å²) in [5, 5.41) is 3.35. The van der Waals surface area contributed by atoms with Crippen LogP contribution in [0.4, 0.5) is 0 Å². The Morgan fingerprint density at radius 1 is 1.42 bits per heavy atom. The smallest absolute Gasteiger partial charge is 0.262 e. The van der Waals surface area contributed by atoms with Crippen LogP contribution in [0, 0.1) is 0 Å². The van der Waals surface area contributed by atoms with Crippen LogP contribution in [0.3, 0.4) is 0 Å². The van der Waals surface area contributed by atoms with E-state index >= 15 is 0 Å². The number of fused-ring (bicyclic) bond motifs is 3. The molecule has 0 radical (unpaired) electrons. The number of carbonyl (C=O) groups is 1. The van der Waals surface area contributed by atoms with Crippen LogP contribution in [0.25, 0.3) is 10.2 Å². The van der Waals surface area contributed by atoms with E-state index in [1.165, 1.54) is 15.8 Å². The molecule has 1 N–H and O–H groups in total. The maximum absolute atomic E-state index is 12.7. The van der Waals surface area contributed by atoms with E-state index in [-0.39, 0.29) is 35.6 Å². The van der Waals surface area contributed by atoms with Crippen LogP contribution >= 0.6 is 11.3 Å².